The summed E-state index contributed by atoms with van der Waals surface area (Å²) in [6.45, 7) is 10.6. The van der Waals surface area contributed by atoms with E-state index in [1.54, 1.807) is 5.01 Å². The largest absolute Gasteiger partial charge is 0.494 e. The molecule has 2 aromatic carbocycles. The van der Waals surface area contributed by atoms with Gasteiger partial charge in [0.1, 0.15) is 5.75 Å². The molecule has 2 aliphatic heterocycles. The average molecular weight is 492 g/mol. The number of ether oxygens (including phenoxy) is 2. The minimum absolute atomic E-state index is 0.0243. The Kier molecular flexibility index (Phi) is 8.41. The first-order chi connectivity index (χ1) is 17.4. The molecule has 0 aromatic heterocycles. The molecule has 0 unspecified atom stereocenters. The highest BCUT2D eigenvalue weighted by atomic mass is 16.5. The van der Waals surface area contributed by atoms with E-state index in [4.69, 9.17) is 14.6 Å². The minimum atomic E-state index is -0.167. The summed E-state index contributed by atoms with van der Waals surface area (Å²) in [5, 5.41) is 6.55. The molecule has 0 spiro atoms. The van der Waals surface area contributed by atoms with Crippen molar-refractivity contribution >= 4 is 17.6 Å². The highest BCUT2D eigenvalue weighted by Crippen LogP contribution is 2.35. The molecule has 2 aliphatic rings. The van der Waals surface area contributed by atoms with E-state index in [-0.39, 0.29) is 30.4 Å². The van der Waals surface area contributed by atoms with Gasteiger partial charge in [-0.1, -0.05) is 29.8 Å². The van der Waals surface area contributed by atoms with Crippen molar-refractivity contribution in [1.82, 2.24) is 9.91 Å². The van der Waals surface area contributed by atoms with Crippen LogP contribution in [-0.2, 0) is 14.3 Å². The number of rotatable bonds is 8. The lowest BCUT2D eigenvalue weighted by atomic mass is 9.95. The lowest BCUT2D eigenvalue weighted by Gasteiger charge is -2.32. The topological polar surface area (TPSA) is 71.4 Å². The van der Waals surface area contributed by atoms with Crippen molar-refractivity contribution in [2.24, 2.45) is 11.0 Å². The summed E-state index contributed by atoms with van der Waals surface area (Å²) in [4.78, 5) is 27.8. The van der Waals surface area contributed by atoms with E-state index >= 15 is 0 Å². The number of likely N-dealkylation sites (tertiary alicyclic amines) is 1. The molecular weight excluding hydrogens is 454 g/mol. The number of esters is 1. The van der Waals surface area contributed by atoms with Crippen LogP contribution in [0.25, 0.3) is 0 Å². The van der Waals surface area contributed by atoms with Crippen LogP contribution in [0.3, 0.4) is 0 Å². The maximum Gasteiger partial charge on any atom is 0.309 e. The van der Waals surface area contributed by atoms with Crippen LogP contribution in [0.15, 0.2) is 47.6 Å². The Labute approximate surface area is 214 Å². The van der Waals surface area contributed by atoms with Gasteiger partial charge < -0.3 is 9.47 Å². The zero-order valence-electron chi connectivity index (χ0n) is 21.8. The monoisotopic (exact) mass is 491 g/mol. The maximum atomic E-state index is 13.6. The fourth-order valence-electron chi connectivity index (χ4n) is 5.01. The second kappa shape index (κ2) is 11.7. The number of carbonyl (C=O) groups excluding carboxylic acids is 2. The molecule has 0 aliphatic carbocycles. The third kappa shape index (κ3) is 5.95. The van der Waals surface area contributed by atoms with E-state index in [2.05, 4.69) is 36.9 Å². The first kappa shape index (κ1) is 25.9. The first-order valence-corrected chi connectivity index (χ1v) is 13.0. The molecule has 0 saturated carbocycles. The summed E-state index contributed by atoms with van der Waals surface area (Å²) in [6, 6.07) is 14.2. The van der Waals surface area contributed by atoms with Crippen LogP contribution >= 0.6 is 0 Å². The summed E-state index contributed by atoms with van der Waals surface area (Å²) in [5.74, 6) is 0.594. The van der Waals surface area contributed by atoms with Gasteiger partial charge in [0.2, 0.25) is 0 Å². The summed E-state index contributed by atoms with van der Waals surface area (Å²) in [7, 11) is 0. The Bertz CT molecular complexity index is 1100. The standard InChI is InChI=1S/C29H37N3O4/c1-5-35-24-11-9-22(10-12-24)27-18-26(25-17-20(3)7-8-21(25)4)30-32(27)28(33)19-31-15-13-23(14-16-31)29(34)36-6-2/h7-12,17,23,27H,5-6,13-16,18-19H2,1-4H3/t27-/m0/s1. The number of amides is 1. The quantitative estimate of drug-likeness (QED) is 0.503. The Morgan fingerprint density at radius 3 is 2.39 bits per heavy atom. The zero-order valence-corrected chi connectivity index (χ0v) is 21.8. The van der Waals surface area contributed by atoms with Gasteiger partial charge in [-0.25, -0.2) is 5.01 Å². The van der Waals surface area contributed by atoms with Crippen LogP contribution in [0.2, 0.25) is 0 Å². The molecule has 0 radical (unpaired) electrons. The fourth-order valence-corrected chi connectivity index (χ4v) is 5.01. The Morgan fingerprint density at radius 1 is 1.00 bits per heavy atom. The molecule has 1 amide bonds. The van der Waals surface area contributed by atoms with E-state index in [1.165, 1.54) is 5.56 Å². The number of aryl methyl sites for hydroxylation is 2. The third-order valence-electron chi connectivity index (χ3n) is 7.01. The predicted octanol–water partition coefficient (Wildman–Crippen LogP) is 4.65. The summed E-state index contributed by atoms with van der Waals surface area (Å²) in [6.07, 6.45) is 2.09. The highest BCUT2D eigenvalue weighted by molar-refractivity contribution is 6.04. The van der Waals surface area contributed by atoms with Crippen molar-refractivity contribution in [1.29, 1.82) is 0 Å². The second-order valence-electron chi connectivity index (χ2n) is 9.63. The predicted molar refractivity (Wildman–Crippen MR) is 140 cm³/mol. The van der Waals surface area contributed by atoms with Crippen LogP contribution in [0.1, 0.15) is 61.4 Å². The number of hydrogen-bond acceptors (Lipinski definition) is 6. The third-order valence-corrected chi connectivity index (χ3v) is 7.01. The van der Waals surface area contributed by atoms with E-state index < -0.39 is 0 Å². The van der Waals surface area contributed by atoms with Crippen molar-refractivity contribution in [2.45, 2.75) is 53.0 Å². The summed E-state index contributed by atoms with van der Waals surface area (Å²) < 4.78 is 10.8. The summed E-state index contributed by atoms with van der Waals surface area (Å²) >= 11 is 0. The van der Waals surface area contributed by atoms with Gasteiger partial charge in [-0.2, -0.15) is 5.10 Å². The molecule has 1 fully saturated rings. The fraction of sp³-hybridized carbons (Fsp3) is 0.483. The highest BCUT2D eigenvalue weighted by Gasteiger charge is 2.35. The van der Waals surface area contributed by atoms with Crippen molar-refractivity contribution in [3.05, 3.63) is 64.7 Å². The van der Waals surface area contributed by atoms with Crippen LogP contribution in [0.5, 0.6) is 5.75 Å². The van der Waals surface area contributed by atoms with E-state index in [0.29, 0.717) is 45.6 Å². The number of hydrazone groups is 1. The first-order valence-electron chi connectivity index (χ1n) is 13.0. The molecule has 7 heteroatoms. The molecule has 36 heavy (non-hydrogen) atoms. The normalized spacial score (nSPS) is 18.7. The molecule has 192 valence electrons. The molecule has 2 aromatic rings. The molecule has 4 rings (SSSR count). The zero-order chi connectivity index (χ0) is 25.7. The van der Waals surface area contributed by atoms with Crippen molar-refractivity contribution in [3.8, 4) is 5.75 Å². The van der Waals surface area contributed by atoms with Gasteiger partial charge in [0, 0.05) is 12.0 Å². The van der Waals surface area contributed by atoms with Crippen LogP contribution in [-0.4, -0.2) is 60.3 Å². The van der Waals surface area contributed by atoms with Crippen molar-refractivity contribution in [2.75, 3.05) is 32.8 Å². The molecule has 1 atom stereocenters. The molecule has 7 nitrogen and oxygen atoms in total. The van der Waals surface area contributed by atoms with E-state index in [0.717, 1.165) is 28.2 Å². The molecule has 0 bridgehead atoms. The number of carbonyl (C=O) groups is 2. The Morgan fingerprint density at radius 2 is 1.72 bits per heavy atom. The summed E-state index contributed by atoms with van der Waals surface area (Å²) in [5.41, 5.74) is 5.39. The van der Waals surface area contributed by atoms with Gasteiger partial charge in [-0.3, -0.25) is 14.5 Å². The number of piperidine rings is 1. The lowest BCUT2D eigenvalue weighted by Crippen LogP contribution is -2.43. The molecule has 2 heterocycles. The van der Waals surface area contributed by atoms with E-state index in [1.807, 2.05) is 38.1 Å². The van der Waals surface area contributed by atoms with Gasteiger partial charge in [0.15, 0.2) is 0 Å². The van der Waals surface area contributed by atoms with Crippen molar-refractivity contribution < 1.29 is 19.1 Å². The number of nitrogens with zero attached hydrogens (tertiary/aromatic N) is 3. The van der Waals surface area contributed by atoms with Crippen molar-refractivity contribution in [3.63, 3.8) is 0 Å². The van der Waals surface area contributed by atoms with Crippen LogP contribution in [0, 0.1) is 19.8 Å². The smallest absolute Gasteiger partial charge is 0.309 e. The van der Waals surface area contributed by atoms with Crippen LogP contribution in [0.4, 0.5) is 0 Å². The number of hydrogen-bond donors (Lipinski definition) is 0. The Hall–Kier alpha value is -3.19. The Balaban J connectivity index is 1.52. The SMILES string of the molecule is CCOC(=O)C1CCN(CC(=O)N2N=C(c3cc(C)ccc3C)C[C@H]2c2ccc(OCC)cc2)CC1. The van der Waals surface area contributed by atoms with Gasteiger partial charge in [0.25, 0.3) is 5.91 Å². The lowest BCUT2D eigenvalue weighted by molar-refractivity contribution is -0.149. The van der Waals surface area contributed by atoms with Gasteiger partial charge in [-0.15, -0.1) is 0 Å². The van der Waals surface area contributed by atoms with Gasteiger partial charge >= 0.3 is 5.97 Å². The average Bonchev–Trinajstić information content (AvgIpc) is 3.32. The van der Waals surface area contributed by atoms with Crippen LogP contribution < -0.4 is 4.74 Å². The molecular formula is C29H37N3O4. The van der Waals surface area contributed by atoms with Gasteiger partial charge in [-0.05, 0) is 83.0 Å². The van der Waals surface area contributed by atoms with Gasteiger partial charge in [0.05, 0.1) is 37.4 Å². The molecule has 1 saturated heterocycles. The minimum Gasteiger partial charge on any atom is -0.494 e. The van der Waals surface area contributed by atoms with E-state index in [9.17, 15) is 9.59 Å². The molecule has 0 N–H and O–H groups in total. The maximum absolute atomic E-state index is 13.6. The number of benzene rings is 2. The second-order valence-corrected chi connectivity index (χ2v) is 9.63.